The smallest absolute Gasteiger partial charge is 0.137 e. The van der Waals surface area contributed by atoms with Gasteiger partial charge in [-0.2, -0.15) is 5.10 Å². The molecule has 2 unspecified atom stereocenters. The second kappa shape index (κ2) is 3.13. The van der Waals surface area contributed by atoms with E-state index < -0.39 is 11.4 Å². The van der Waals surface area contributed by atoms with Crippen molar-refractivity contribution in [3.8, 4) is 0 Å². The minimum atomic E-state index is -0.846. The van der Waals surface area contributed by atoms with Crippen LogP contribution in [0.3, 0.4) is 0 Å². The topological polar surface area (TPSA) is 70.8 Å². The number of aliphatic carboxylic acids is 1. The molecule has 0 aromatic carbocycles. The first-order chi connectivity index (χ1) is 8.62. The predicted molar refractivity (Wildman–Crippen MR) is 60.1 cm³/mol. The van der Waals surface area contributed by atoms with Crippen molar-refractivity contribution in [1.82, 2.24) is 14.8 Å². The Morgan fingerprint density at radius 3 is 2.56 bits per heavy atom. The van der Waals surface area contributed by atoms with Crippen molar-refractivity contribution in [1.29, 1.82) is 0 Å². The van der Waals surface area contributed by atoms with E-state index in [4.69, 9.17) is 0 Å². The molecule has 18 heavy (non-hydrogen) atoms. The van der Waals surface area contributed by atoms with Crippen molar-refractivity contribution in [3.63, 3.8) is 0 Å². The first-order valence-electron chi connectivity index (χ1n) is 6.69. The van der Waals surface area contributed by atoms with Crippen LogP contribution in [0.5, 0.6) is 0 Å². The van der Waals surface area contributed by atoms with Crippen LogP contribution in [-0.2, 0) is 10.3 Å². The Balaban J connectivity index is 1.81. The standard InChI is InChI=1S/C13H17N3O2/c17-11(18)12-2-9-1-10(3-12)5-13(4-9,6-12)16-8-14-7-15-16/h7-10H,1-6H2,(H,17,18)/p-1/t9-,10+,12?,13?. The zero-order valence-electron chi connectivity index (χ0n) is 10.2. The van der Waals surface area contributed by atoms with E-state index in [-0.39, 0.29) is 5.54 Å². The van der Waals surface area contributed by atoms with Gasteiger partial charge < -0.3 is 9.90 Å². The highest BCUT2D eigenvalue weighted by molar-refractivity contribution is 5.73. The number of nitrogens with zero attached hydrogens (tertiary/aromatic N) is 3. The Morgan fingerprint density at radius 1 is 1.28 bits per heavy atom. The fraction of sp³-hybridized carbons (Fsp3) is 0.769. The molecule has 4 saturated carbocycles. The summed E-state index contributed by atoms with van der Waals surface area (Å²) in [5.41, 5.74) is -0.712. The molecule has 4 aliphatic rings. The molecule has 0 amide bonds. The van der Waals surface area contributed by atoms with E-state index in [2.05, 4.69) is 10.1 Å². The number of hydrogen-bond donors (Lipinski definition) is 0. The zero-order chi connectivity index (χ0) is 12.4. The van der Waals surface area contributed by atoms with Gasteiger partial charge in [0.05, 0.1) is 5.54 Å². The molecule has 5 heteroatoms. The van der Waals surface area contributed by atoms with E-state index in [9.17, 15) is 9.90 Å². The second-order valence-electron chi connectivity index (χ2n) is 6.59. The number of aromatic nitrogens is 3. The fourth-order valence-corrected chi connectivity index (χ4v) is 5.17. The molecule has 5 rings (SSSR count). The summed E-state index contributed by atoms with van der Waals surface area (Å²) in [4.78, 5) is 15.6. The van der Waals surface area contributed by atoms with Gasteiger partial charge >= 0.3 is 0 Å². The van der Waals surface area contributed by atoms with Crippen LogP contribution in [0, 0.1) is 17.3 Å². The van der Waals surface area contributed by atoms with Crippen LogP contribution in [0.25, 0.3) is 0 Å². The predicted octanol–water partition coefficient (Wildman–Crippen LogP) is 0.323. The maximum atomic E-state index is 11.6. The summed E-state index contributed by atoms with van der Waals surface area (Å²) in [5, 5.41) is 15.9. The summed E-state index contributed by atoms with van der Waals surface area (Å²) < 4.78 is 1.92. The van der Waals surface area contributed by atoms with Crippen molar-refractivity contribution in [3.05, 3.63) is 12.7 Å². The largest absolute Gasteiger partial charge is 0.550 e. The van der Waals surface area contributed by atoms with Gasteiger partial charge in [-0.1, -0.05) is 0 Å². The van der Waals surface area contributed by atoms with E-state index in [1.165, 1.54) is 6.42 Å². The Kier molecular flexibility index (Phi) is 1.83. The maximum Gasteiger partial charge on any atom is 0.137 e. The summed E-state index contributed by atoms with van der Waals surface area (Å²) in [6.45, 7) is 0. The van der Waals surface area contributed by atoms with Gasteiger partial charge in [-0.3, -0.25) is 0 Å². The third-order valence-electron chi connectivity index (χ3n) is 5.37. The number of carbonyl (C=O) groups excluding carboxylic acids is 1. The lowest BCUT2D eigenvalue weighted by Gasteiger charge is -2.62. The summed E-state index contributed by atoms with van der Waals surface area (Å²) in [7, 11) is 0. The van der Waals surface area contributed by atoms with E-state index in [0.717, 1.165) is 25.7 Å². The van der Waals surface area contributed by atoms with E-state index in [1.807, 2.05) is 4.68 Å². The first kappa shape index (κ1) is 10.5. The molecule has 1 aromatic heterocycles. The minimum absolute atomic E-state index is 0.110. The second-order valence-corrected chi connectivity index (χ2v) is 6.59. The molecule has 96 valence electrons. The molecule has 0 N–H and O–H groups in total. The molecule has 0 saturated heterocycles. The lowest BCUT2D eigenvalue weighted by atomic mass is 9.47. The monoisotopic (exact) mass is 246 g/mol. The van der Waals surface area contributed by atoms with Crippen LogP contribution in [0.2, 0.25) is 0 Å². The van der Waals surface area contributed by atoms with Crippen LogP contribution in [0.4, 0.5) is 0 Å². The zero-order valence-corrected chi connectivity index (χ0v) is 10.2. The first-order valence-corrected chi connectivity index (χ1v) is 6.69. The van der Waals surface area contributed by atoms with Gasteiger partial charge in [0.25, 0.3) is 0 Å². The highest BCUT2D eigenvalue weighted by Gasteiger charge is 2.59. The average molecular weight is 246 g/mol. The van der Waals surface area contributed by atoms with Crippen LogP contribution >= 0.6 is 0 Å². The molecule has 5 nitrogen and oxygen atoms in total. The Bertz CT molecular complexity index is 482. The molecule has 0 spiro atoms. The number of carbonyl (C=O) groups is 1. The lowest BCUT2D eigenvalue weighted by molar-refractivity contribution is -0.329. The van der Waals surface area contributed by atoms with Gasteiger partial charge in [0.2, 0.25) is 0 Å². The van der Waals surface area contributed by atoms with Gasteiger partial charge in [-0.05, 0) is 50.4 Å². The molecule has 1 heterocycles. The fourth-order valence-electron chi connectivity index (χ4n) is 5.17. The summed E-state index contributed by atoms with van der Waals surface area (Å²) in [6, 6.07) is 0. The number of carboxylic acids is 1. The third kappa shape index (κ3) is 1.19. The molecular formula is C13H16N3O2-. The Hall–Kier alpha value is -1.39. The van der Waals surface area contributed by atoms with Gasteiger partial charge in [0.1, 0.15) is 12.7 Å². The van der Waals surface area contributed by atoms with Crippen LogP contribution in [0.15, 0.2) is 12.7 Å². The van der Waals surface area contributed by atoms with Crippen LogP contribution < -0.4 is 5.11 Å². The van der Waals surface area contributed by atoms with Gasteiger partial charge in [0.15, 0.2) is 0 Å². The summed E-state index contributed by atoms with van der Waals surface area (Å²) >= 11 is 0. The molecular weight excluding hydrogens is 230 g/mol. The van der Waals surface area contributed by atoms with E-state index in [1.54, 1.807) is 12.7 Å². The lowest BCUT2D eigenvalue weighted by Crippen LogP contribution is -2.61. The van der Waals surface area contributed by atoms with Crippen LogP contribution in [-0.4, -0.2) is 20.7 Å². The molecule has 4 aliphatic carbocycles. The van der Waals surface area contributed by atoms with Gasteiger partial charge in [0, 0.05) is 11.4 Å². The van der Waals surface area contributed by atoms with E-state index in [0.29, 0.717) is 18.3 Å². The molecule has 0 radical (unpaired) electrons. The molecule has 4 atom stereocenters. The molecule has 0 aliphatic heterocycles. The van der Waals surface area contributed by atoms with Gasteiger partial charge in [-0.25, -0.2) is 9.67 Å². The normalized spacial score (nSPS) is 45.3. The number of hydrogen-bond acceptors (Lipinski definition) is 4. The van der Waals surface area contributed by atoms with Gasteiger partial charge in [-0.15, -0.1) is 0 Å². The van der Waals surface area contributed by atoms with Crippen molar-refractivity contribution < 1.29 is 9.90 Å². The Labute approximate surface area is 105 Å². The highest BCUT2D eigenvalue weighted by Crippen LogP contribution is 2.63. The summed E-state index contributed by atoms with van der Waals surface area (Å²) in [5.74, 6) is 0.197. The number of carboxylic acid groups (broad SMARTS) is 1. The molecule has 4 bridgehead atoms. The highest BCUT2D eigenvalue weighted by atomic mass is 16.4. The minimum Gasteiger partial charge on any atom is -0.550 e. The maximum absolute atomic E-state index is 11.6. The van der Waals surface area contributed by atoms with Crippen molar-refractivity contribution in [2.45, 2.75) is 44.1 Å². The van der Waals surface area contributed by atoms with Crippen molar-refractivity contribution in [2.24, 2.45) is 17.3 Å². The quantitative estimate of drug-likeness (QED) is 0.753. The molecule has 1 aromatic rings. The number of rotatable bonds is 2. The third-order valence-corrected chi connectivity index (χ3v) is 5.37. The average Bonchev–Trinajstić information content (AvgIpc) is 2.80. The summed E-state index contributed by atoms with van der Waals surface area (Å²) in [6.07, 6.45) is 8.89. The van der Waals surface area contributed by atoms with Crippen LogP contribution in [0.1, 0.15) is 38.5 Å². The molecule has 4 fully saturated rings. The van der Waals surface area contributed by atoms with Crippen molar-refractivity contribution in [2.75, 3.05) is 0 Å². The Morgan fingerprint density at radius 2 is 2.00 bits per heavy atom. The van der Waals surface area contributed by atoms with Crippen molar-refractivity contribution >= 4 is 5.97 Å². The van der Waals surface area contributed by atoms with E-state index >= 15 is 0 Å². The SMILES string of the molecule is O=C([O-])C12C[C@H]3C[C@@H](C1)CC(n1cncn1)(C3)C2.